The highest BCUT2D eigenvalue weighted by molar-refractivity contribution is 5.80. The number of aliphatic imine (C=N–C) groups is 1. The summed E-state index contributed by atoms with van der Waals surface area (Å²) in [7, 11) is 1.78. The summed E-state index contributed by atoms with van der Waals surface area (Å²) in [6.07, 6.45) is 3.97. The van der Waals surface area contributed by atoms with E-state index in [9.17, 15) is 4.79 Å². The van der Waals surface area contributed by atoms with Crippen molar-refractivity contribution in [2.75, 3.05) is 26.7 Å². The third-order valence-electron chi connectivity index (χ3n) is 5.00. The predicted molar refractivity (Wildman–Crippen MR) is 117 cm³/mol. The topological polar surface area (TPSA) is 105 Å². The molecule has 4 N–H and O–H groups in total. The highest BCUT2D eigenvalue weighted by Gasteiger charge is 2.20. The molecule has 0 atom stereocenters. The fourth-order valence-corrected chi connectivity index (χ4v) is 3.43. The summed E-state index contributed by atoms with van der Waals surface area (Å²) in [5.41, 5.74) is 7.27. The zero-order valence-electron chi connectivity index (χ0n) is 17.4. The van der Waals surface area contributed by atoms with Gasteiger partial charge in [-0.25, -0.2) is 0 Å². The molecule has 30 heavy (non-hydrogen) atoms. The van der Waals surface area contributed by atoms with Gasteiger partial charge in [-0.1, -0.05) is 18.2 Å². The summed E-state index contributed by atoms with van der Waals surface area (Å²) in [6, 6.07) is 14.0. The first-order chi connectivity index (χ1) is 14.6. The lowest BCUT2D eigenvalue weighted by Crippen LogP contribution is -2.48. The number of guanidine groups is 1. The van der Waals surface area contributed by atoms with Gasteiger partial charge in [0.1, 0.15) is 5.75 Å². The Hall–Kier alpha value is -3.13. The van der Waals surface area contributed by atoms with Crippen molar-refractivity contribution in [2.45, 2.75) is 32.0 Å². The molecule has 1 amide bonds. The first-order valence-corrected chi connectivity index (χ1v) is 10.2. The van der Waals surface area contributed by atoms with Crippen LogP contribution in [0.4, 0.5) is 0 Å². The minimum Gasteiger partial charge on any atom is -0.484 e. The molecule has 1 aromatic heterocycles. The van der Waals surface area contributed by atoms with Gasteiger partial charge in [-0.15, -0.1) is 0 Å². The van der Waals surface area contributed by atoms with E-state index < -0.39 is 5.91 Å². The van der Waals surface area contributed by atoms with Gasteiger partial charge in [0, 0.05) is 45.5 Å². The van der Waals surface area contributed by atoms with Crippen LogP contribution < -0.4 is 21.1 Å². The number of nitrogens with two attached hydrogens (primary N) is 1. The molecule has 2 aromatic rings. The highest BCUT2D eigenvalue weighted by atomic mass is 16.5. The van der Waals surface area contributed by atoms with Gasteiger partial charge < -0.3 is 21.1 Å². The molecule has 8 heteroatoms. The zero-order chi connectivity index (χ0) is 21.2. The number of rotatable bonds is 8. The quantitative estimate of drug-likeness (QED) is 0.447. The molecule has 3 rings (SSSR count). The maximum atomic E-state index is 10.9. The number of carbonyl (C=O) groups excluding carboxylic acids is 1. The first-order valence-electron chi connectivity index (χ1n) is 10.2. The molecule has 2 heterocycles. The van der Waals surface area contributed by atoms with Gasteiger partial charge in [0.25, 0.3) is 5.91 Å². The van der Waals surface area contributed by atoms with E-state index in [4.69, 9.17) is 10.5 Å². The standard InChI is InChI=1S/C22H30N6O2/c1-24-22(26-14-17-5-4-7-20(13-17)30-16-21(23)29)27-18-8-11-28(12-9-18)15-19-6-2-3-10-25-19/h2-7,10,13,18H,8-9,11-12,14-16H2,1H3,(H2,23,29)(H2,24,26,27). The lowest BCUT2D eigenvalue weighted by Gasteiger charge is -2.32. The van der Waals surface area contributed by atoms with Gasteiger partial charge in [0.05, 0.1) is 5.69 Å². The van der Waals surface area contributed by atoms with Gasteiger partial charge >= 0.3 is 0 Å². The Morgan fingerprint density at radius 2 is 2.10 bits per heavy atom. The van der Waals surface area contributed by atoms with Crippen molar-refractivity contribution < 1.29 is 9.53 Å². The van der Waals surface area contributed by atoms with Crippen molar-refractivity contribution in [3.05, 3.63) is 59.9 Å². The largest absolute Gasteiger partial charge is 0.484 e. The maximum Gasteiger partial charge on any atom is 0.255 e. The number of amides is 1. The Bertz CT molecular complexity index is 835. The normalized spacial score (nSPS) is 15.6. The summed E-state index contributed by atoms with van der Waals surface area (Å²) in [6.45, 7) is 3.44. The van der Waals surface area contributed by atoms with E-state index >= 15 is 0 Å². The molecular formula is C22H30N6O2. The second-order valence-electron chi connectivity index (χ2n) is 7.34. The molecule has 0 unspecified atom stereocenters. The Kier molecular flexibility index (Phi) is 8.02. The lowest BCUT2D eigenvalue weighted by atomic mass is 10.0. The summed E-state index contributed by atoms with van der Waals surface area (Å²) in [4.78, 5) is 22.1. The minimum atomic E-state index is -0.491. The molecule has 1 aliphatic heterocycles. The third kappa shape index (κ3) is 7.04. The SMILES string of the molecule is CN=C(NCc1cccc(OCC(N)=O)c1)NC1CCN(Cc2ccccn2)CC1. The number of likely N-dealkylation sites (tertiary alicyclic amines) is 1. The molecule has 0 bridgehead atoms. The number of piperidine rings is 1. The predicted octanol–water partition coefficient (Wildman–Crippen LogP) is 1.28. The van der Waals surface area contributed by atoms with Crippen molar-refractivity contribution in [1.29, 1.82) is 0 Å². The number of primary amides is 1. The number of carbonyl (C=O) groups is 1. The number of pyridine rings is 1. The van der Waals surface area contributed by atoms with Crippen LogP contribution in [0, 0.1) is 0 Å². The average Bonchev–Trinajstić information content (AvgIpc) is 2.77. The third-order valence-corrected chi connectivity index (χ3v) is 5.00. The van der Waals surface area contributed by atoms with Crippen molar-refractivity contribution in [3.63, 3.8) is 0 Å². The van der Waals surface area contributed by atoms with Crippen molar-refractivity contribution in [3.8, 4) is 5.75 Å². The van der Waals surface area contributed by atoms with Gasteiger partial charge in [-0.3, -0.25) is 19.7 Å². The Morgan fingerprint density at radius 1 is 1.27 bits per heavy atom. The van der Waals surface area contributed by atoms with Gasteiger partial charge in [0.15, 0.2) is 12.6 Å². The fourth-order valence-electron chi connectivity index (χ4n) is 3.43. The number of nitrogens with one attached hydrogen (secondary N) is 2. The van der Waals surface area contributed by atoms with Gasteiger partial charge in [-0.05, 0) is 42.7 Å². The van der Waals surface area contributed by atoms with E-state index in [-0.39, 0.29) is 6.61 Å². The van der Waals surface area contributed by atoms with Crippen molar-refractivity contribution in [2.24, 2.45) is 10.7 Å². The van der Waals surface area contributed by atoms with Crippen LogP contribution in [-0.2, 0) is 17.9 Å². The Labute approximate surface area is 177 Å². The fraction of sp³-hybridized carbons (Fsp3) is 0.409. The average molecular weight is 411 g/mol. The van der Waals surface area contributed by atoms with Crippen LogP contribution in [0.25, 0.3) is 0 Å². The van der Waals surface area contributed by atoms with Crippen molar-refractivity contribution in [1.82, 2.24) is 20.5 Å². The summed E-state index contributed by atoms with van der Waals surface area (Å²) < 4.78 is 5.36. The minimum absolute atomic E-state index is 0.126. The molecule has 0 spiro atoms. The van der Waals surface area contributed by atoms with Crippen LogP contribution in [0.5, 0.6) is 5.75 Å². The van der Waals surface area contributed by atoms with Crippen LogP contribution in [0.1, 0.15) is 24.1 Å². The molecule has 1 fully saturated rings. The van der Waals surface area contributed by atoms with Crippen molar-refractivity contribution >= 4 is 11.9 Å². The summed E-state index contributed by atoms with van der Waals surface area (Å²) >= 11 is 0. The van der Waals surface area contributed by atoms with Crippen LogP contribution in [0.3, 0.4) is 0 Å². The number of nitrogens with zero attached hydrogens (tertiary/aromatic N) is 3. The summed E-state index contributed by atoms with van der Waals surface area (Å²) in [5, 5.41) is 6.86. The van der Waals surface area contributed by atoms with Gasteiger partial charge in [-0.2, -0.15) is 0 Å². The first kappa shape index (κ1) is 21.6. The van der Waals surface area contributed by atoms with E-state index in [1.165, 1.54) is 0 Å². The lowest BCUT2D eigenvalue weighted by molar-refractivity contribution is -0.119. The highest BCUT2D eigenvalue weighted by Crippen LogP contribution is 2.14. The molecule has 0 aliphatic carbocycles. The molecule has 160 valence electrons. The smallest absolute Gasteiger partial charge is 0.255 e. The van der Waals surface area contributed by atoms with E-state index in [0.717, 1.165) is 49.7 Å². The second kappa shape index (κ2) is 11.2. The monoisotopic (exact) mass is 410 g/mol. The molecule has 0 radical (unpaired) electrons. The van der Waals surface area contributed by atoms with E-state index in [2.05, 4.69) is 31.6 Å². The molecule has 8 nitrogen and oxygen atoms in total. The summed E-state index contributed by atoms with van der Waals surface area (Å²) in [5.74, 6) is 0.909. The Balaban J connectivity index is 1.42. The van der Waals surface area contributed by atoms with Gasteiger partial charge in [0.2, 0.25) is 0 Å². The zero-order valence-corrected chi connectivity index (χ0v) is 17.4. The molecule has 1 aliphatic rings. The van der Waals surface area contributed by atoms with E-state index in [0.29, 0.717) is 18.3 Å². The van der Waals surface area contributed by atoms with Crippen LogP contribution in [0.2, 0.25) is 0 Å². The van der Waals surface area contributed by atoms with E-state index in [1.54, 1.807) is 13.1 Å². The van der Waals surface area contributed by atoms with E-state index in [1.807, 2.05) is 36.5 Å². The number of ether oxygens (including phenoxy) is 1. The van der Waals surface area contributed by atoms with Crippen LogP contribution >= 0.6 is 0 Å². The maximum absolute atomic E-state index is 10.9. The second-order valence-corrected chi connectivity index (χ2v) is 7.34. The Morgan fingerprint density at radius 3 is 2.80 bits per heavy atom. The number of hydrogen-bond acceptors (Lipinski definition) is 5. The molecule has 1 aromatic carbocycles. The molecule has 0 saturated carbocycles. The van der Waals surface area contributed by atoms with Crippen LogP contribution in [0.15, 0.2) is 53.7 Å². The van der Waals surface area contributed by atoms with Crippen LogP contribution in [-0.4, -0.2) is 54.5 Å². The number of hydrogen-bond donors (Lipinski definition) is 3. The molecular weight excluding hydrogens is 380 g/mol. The number of aromatic nitrogens is 1. The number of benzene rings is 1. The molecule has 1 saturated heterocycles.